The summed E-state index contributed by atoms with van der Waals surface area (Å²) in [7, 11) is 1.31. The molecule has 0 radical (unpaired) electrons. The molecule has 11 heteroatoms. The van der Waals surface area contributed by atoms with Gasteiger partial charge in [0.2, 0.25) is 5.91 Å². The normalized spacial score (nSPS) is 14.4. The Morgan fingerprint density at radius 3 is 2.41 bits per heavy atom. The van der Waals surface area contributed by atoms with E-state index in [1.807, 2.05) is 18.2 Å². The number of carbonyl (C=O) groups is 1. The number of rotatable bonds is 6. The molecule has 8 nitrogen and oxygen atoms in total. The van der Waals surface area contributed by atoms with Gasteiger partial charge in [-0.05, 0) is 44.2 Å². The molecule has 0 atom stereocenters. The second-order valence-electron chi connectivity index (χ2n) is 9.01. The second-order valence-corrected chi connectivity index (χ2v) is 9.01. The lowest BCUT2D eigenvalue weighted by molar-refractivity contribution is -0.122. The van der Waals surface area contributed by atoms with Crippen molar-refractivity contribution in [2.24, 2.45) is 0 Å². The van der Waals surface area contributed by atoms with Crippen LogP contribution in [-0.4, -0.2) is 45.5 Å². The van der Waals surface area contributed by atoms with Crippen LogP contribution in [0.25, 0.3) is 22.8 Å². The highest BCUT2D eigenvalue weighted by atomic mass is 19.3. The molecule has 0 saturated heterocycles. The predicted octanol–water partition coefficient (Wildman–Crippen LogP) is 4.12. The number of benzene rings is 2. The Bertz CT molecular complexity index is 1560. The summed E-state index contributed by atoms with van der Waals surface area (Å²) < 4.78 is 50.3. The van der Waals surface area contributed by atoms with Gasteiger partial charge in [-0.3, -0.25) is 9.59 Å². The summed E-state index contributed by atoms with van der Waals surface area (Å²) in [6.45, 7) is 2.12. The predicted molar refractivity (Wildman–Crippen MR) is 130 cm³/mol. The van der Waals surface area contributed by atoms with Crippen molar-refractivity contribution in [3.05, 3.63) is 82.5 Å². The summed E-state index contributed by atoms with van der Waals surface area (Å²) in [6, 6.07) is 13.4. The number of alkyl halides is 2. The van der Waals surface area contributed by atoms with Crippen LogP contribution in [0, 0.1) is 5.82 Å². The molecule has 37 heavy (non-hydrogen) atoms. The van der Waals surface area contributed by atoms with Crippen LogP contribution >= 0.6 is 0 Å². The fourth-order valence-corrected chi connectivity index (χ4v) is 4.59. The van der Waals surface area contributed by atoms with Gasteiger partial charge in [-0.2, -0.15) is 10.2 Å². The second kappa shape index (κ2) is 8.91. The Hall–Kier alpha value is -4.41. The number of hydrogen-bond acceptors (Lipinski definition) is 5. The molecule has 190 valence electrons. The number of carbonyl (C=O) groups excluding carboxylic acids is 1. The van der Waals surface area contributed by atoms with Crippen LogP contribution in [0.4, 0.5) is 18.9 Å². The minimum Gasteiger partial charge on any atom is -0.491 e. The van der Waals surface area contributed by atoms with Crippen LogP contribution in [0.2, 0.25) is 0 Å². The Morgan fingerprint density at radius 1 is 1.03 bits per heavy atom. The van der Waals surface area contributed by atoms with E-state index in [2.05, 4.69) is 10.2 Å². The summed E-state index contributed by atoms with van der Waals surface area (Å²) in [6.07, 6.45) is -0.0365. The van der Waals surface area contributed by atoms with Crippen molar-refractivity contribution in [1.82, 2.24) is 19.6 Å². The molecule has 0 N–H and O–H groups in total. The first kappa shape index (κ1) is 24.3. The van der Waals surface area contributed by atoms with E-state index in [4.69, 9.17) is 4.74 Å². The van der Waals surface area contributed by atoms with Gasteiger partial charge in [0, 0.05) is 5.56 Å². The maximum atomic E-state index is 16.0. The smallest absolute Gasteiger partial charge is 0.256 e. The minimum atomic E-state index is -2.78. The quantitative estimate of drug-likeness (QED) is 0.391. The molecule has 0 saturated carbocycles. The molecule has 1 amide bonds. The van der Waals surface area contributed by atoms with E-state index in [1.165, 1.54) is 50.2 Å². The summed E-state index contributed by atoms with van der Waals surface area (Å²) in [5.74, 6) is -1.54. The van der Waals surface area contributed by atoms with Gasteiger partial charge in [0.1, 0.15) is 5.69 Å². The number of methoxy groups -OCH3 is 1. The number of para-hydroxylation sites is 1. The molecule has 5 rings (SSSR count). The molecule has 1 aliphatic rings. The fraction of sp³-hybridized carbons (Fsp3) is 0.231. The molecular weight excluding hydrogens is 487 g/mol. The Kier molecular flexibility index (Phi) is 5.85. The summed E-state index contributed by atoms with van der Waals surface area (Å²) in [5, 5.41) is 8.70. The van der Waals surface area contributed by atoms with E-state index in [-0.39, 0.29) is 28.4 Å². The Labute approximate surface area is 209 Å². The van der Waals surface area contributed by atoms with Crippen LogP contribution in [0.1, 0.15) is 19.4 Å². The Morgan fingerprint density at radius 2 is 1.73 bits per heavy atom. The van der Waals surface area contributed by atoms with Crippen molar-refractivity contribution >= 4 is 11.6 Å². The highest BCUT2D eigenvalue weighted by Gasteiger charge is 2.47. The van der Waals surface area contributed by atoms with Crippen molar-refractivity contribution < 1.29 is 22.7 Å². The van der Waals surface area contributed by atoms with E-state index in [9.17, 15) is 18.4 Å². The highest BCUT2D eigenvalue weighted by Crippen LogP contribution is 2.44. The molecule has 2 aromatic heterocycles. The third-order valence-corrected chi connectivity index (χ3v) is 6.35. The number of anilines is 1. The monoisotopic (exact) mass is 509 g/mol. The van der Waals surface area contributed by atoms with Crippen molar-refractivity contribution in [1.29, 1.82) is 0 Å². The van der Waals surface area contributed by atoms with Gasteiger partial charge in [0.15, 0.2) is 17.3 Å². The standard InChI is InChI=1S/C26H22F3N5O3/c1-26(2)21-16(32(25(26)36)14-20(27)28)9-10-17(22(21)29)33-13-19(37-3)24(35)23(31-33)18-11-12-30-34(18)15-7-5-4-6-8-15/h4-13,20H,14H2,1-3H3. The zero-order valence-corrected chi connectivity index (χ0v) is 20.2. The zero-order chi connectivity index (χ0) is 26.5. The maximum absolute atomic E-state index is 16.0. The number of hydrogen-bond donors (Lipinski definition) is 0. The van der Waals surface area contributed by atoms with Gasteiger partial charge in [-0.1, -0.05) is 18.2 Å². The summed E-state index contributed by atoms with van der Waals surface area (Å²) in [4.78, 5) is 26.9. The van der Waals surface area contributed by atoms with Crippen molar-refractivity contribution in [3.63, 3.8) is 0 Å². The number of fused-ring (bicyclic) bond motifs is 1. The number of amides is 1. The molecule has 0 fully saturated rings. The average Bonchev–Trinajstić information content (AvgIpc) is 3.43. The van der Waals surface area contributed by atoms with Crippen LogP contribution in [0.15, 0.2) is 65.7 Å². The third-order valence-electron chi connectivity index (χ3n) is 6.35. The lowest BCUT2D eigenvalue weighted by atomic mass is 9.85. The topological polar surface area (TPSA) is 82.2 Å². The number of ether oxygens (including phenoxy) is 1. The van der Waals surface area contributed by atoms with E-state index < -0.39 is 35.5 Å². The molecule has 3 heterocycles. The largest absolute Gasteiger partial charge is 0.491 e. The van der Waals surface area contributed by atoms with Gasteiger partial charge in [0.05, 0.1) is 48.5 Å². The van der Waals surface area contributed by atoms with Gasteiger partial charge >= 0.3 is 0 Å². The fourth-order valence-electron chi connectivity index (χ4n) is 4.59. The Balaban J connectivity index is 1.70. The third kappa shape index (κ3) is 3.87. The minimum absolute atomic E-state index is 0.0222. The number of halogens is 3. The summed E-state index contributed by atoms with van der Waals surface area (Å²) >= 11 is 0. The molecule has 2 aromatic carbocycles. The van der Waals surface area contributed by atoms with Crippen LogP contribution in [0.5, 0.6) is 5.75 Å². The first-order valence-corrected chi connectivity index (χ1v) is 11.4. The van der Waals surface area contributed by atoms with Gasteiger partial charge in [-0.25, -0.2) is 22.5 Å². The molecule has 0 aliphatic carbocycles. The van der Waals surface area contributed by atoms with Crippen molar-refractivity contribution in [3.8, 4) is 28.5 Å². The summed E-state index contributed by atoms with van der Waals surface area (Å²) in [5.41, 5.74) is -0.957. The molecule has 4 aromatic rings. The average molecular weight is 509 g/mol. The van der Waals surface area contributed by atoms with Crippen LogP contribution in [-0.2, 0) is 10.2 Å². The van der Waals surface area contributed by atoms with Gasteiger partial charge in [0.25, 0.3) is 11.9 Å². The van der Waals surface area contributed by atoms with Crippen molar-refractivity contribution in [2.75, 3.05) is 18.6 Å². The lowest BCUT2D eigenvalue weighted by Crippen LogP contribution is -2.38. The van der Waals surface area contributed by atoms with Crippen LogP contribution in [0.3, 0.4) is 0 Å². The zero-order valence-electron chi connectivity index (χ0n) is 20.2. The number of aromatic nitrogens is 4. The lowest BCUT2D eigenvalue weighted by Gasteiger charge is -2.19. The first-order chi connectivity index (χ1) is 17.6. The van der Waals surface area contributed by atoms with Crippen LogP contribution < -0.4 is 15.1 Å². The molecule has 0 spiro atoms. The molecule has 1 aliphatic heterocycles. The van der Waals surface area contributed by atoms with Crippen molar-refractivity contribution in [2.45, 2.75) is 25.7 Å². The first-order valence-electron chi connectivity index (χ1n) is 11.4. The van der Waals surface area contributed by atoms with Gasteiger partial charge < -0.3 is 9.64 Å². The van der Waals surface area contributed by atoms with Gasteiger partial charge in [-0.15, -0.1) is 0 Å². The maximum Gasteiger partial charge on any atom is 0.256 e. The number of nitrogens with zero attached hydrogens (tertiary/aromatic N) is 5. The van der Waals surface area contributed by atoms with E-state index >= 15 is 4.39 Å². The molecule has 0 bridgehead atoms. The molecule has 0 unspecified atom stereocenters. The van der Waals surface area contributed by atoms with E-state index in [0.717, 1.165) is 9.58 Å². The van der Waals surface area contributed by atoms with E-state index in [0.29, 0.717) is 11.4 Å². The highest BCUT2D eigenvalue weighted by molar-refractivity contribution is 6.08. The van der Waals surface area contributed by atoms with E-state index in [1.54, 1.807) is 18.2 Å². The SMILES string of the molecule is COc1cn(-c2ccc3c(c2F)C(C)(C)C(=O)N3CC(F)F)nc(-c2ccnn2-c2ccccc2)c1=O. The molecular formula is C26H22F3N5O3.